The van der Waals surface area contributed by atoms with Crippen LogP contribution in [0.5, 0.6) is 5.75 Å². The van der Waals surface area contributed by atoms with Gasteiger partial charge in [0.15, 0.2) is 0 Å². The van der Waals surface area contributed by atoms with Crippen molar-refractivity contribution in [3.63, 3.8) is 0 Å². The van der Waals surface area contributed by atoms with E-state index in [1.165, 1.54) is 17.0 Å². The normalized spacial score (nSPS) is 15.2. The molecule has 1 amide bonds. The molecule has 3 aromatic carbocycles. The summed E-state index contributed by atoms with van der Waals surface area (Å²) < 4.78 is 19.9. The van der Waals surface area contributed by atoms with Crippen molar-refractivity contribution in [1.29, 1.82) is 0 Å². The summed E-state index contributed by atoms with van der Waals surface area (Å²) in [6.07, 6.45) is 4.71. The SMILES string of the molecule is CC(C)(C)[C@@H]1CCc2c(sc(N=Cc3ccc(OCc4ccc(F)cc4)c(Br)c3)c2C(=O)Nc2ccccc2)C1. The molecule has 4 aromatic rings. The highest BCUT2D eigenvalue weighted by atomic mass is 79.9. The topological polar surface area (TPSA) is 50.7 Å². The summed E-state index contributed by atoms with van der Waals surface area (Å²) in [6.45, 7) is 7.22. The molecule has 7 heteroatoms. The summed E-state index contributed by atoms with van der Waals surface area (Å²) >= 11 is 5.23. The van der Waals surface area contributed by atoms with Crippen molar-refractivity contribution >= 4 is 50.1 Å². The molecule has 40 heavy (non-hydrogen) atoms. The first-order valence-corrected chi connectivity index (χ1v) is 15.0. The van der Waals surface area contributed by atoms with Crippen LogP contribution in [0.15, 0.2) is 82.3 Å². The van der Waals surface area contributed by atoms with Gasteiger partial charge in [-0.3, -0.25) is 4.79 Å². The minimum Gasteiger partial charge on any atom is -0.488 e. The zero-order valence-electron chi connectivity index (χ0n) is 22.8. The van der Waals surface area contributed by atoms with Gasteiger partial charge >= 0.3 is 0 Å². The molecule has 1 atom stereocenters. The number of benzene rings is 3. The molecule has 1 aromatic heterocycles. The summed E-state index contributed by atoms with van der Waals surface area (Å²) in [5.74, 6) is 0.869. The van der Waals surface area contributed by atoms with Gasteiger partial charge in [0.05, 0.1) is 10.0 Å². The Morgan fingerprint density at radius 2 is 1.88 bits per heavy atom. The number of rotatable bonds is 7. The van der Waals surface area contributed by atoms with Crippen LogP contribution in [0.2, 0.25) is 0 Å². The van der Waals surface area contributed by atoms with Crippen LogP contribution in [-0.4, -0.2) is 12.1 Å². The molecule has 0 fully saturated rings. The Labute approximate surface area is 247 Å². The van der Waals surface area contributed by atoms with E-state index in [0.717, 1.165) is 51.1 Å². The Morgan fingerprint density at radius 3 is 2.58 bits per heavy atom. The highest BCUT2D eigenvalue weighted by molar-refractivity contribution is 9.10. The lowest BCUT2D eigenvalue weighted by molar-refractivity contribution is 0.102. The number of hydrogen-bond donors (Lipinski definition) is 1. The van der Waals surface area contributed by atoms with E-state index in [-0.39, 0.29) is 17.1 Å². The molecule has 0 saturated heterocycles. The van der Waals surface area contributed by atoms with E-state index in [0.29, 0.717) is 23.8 Å². The van der Waals surface area contributed by atoms with Gasteiger partial charge in [0.25, 0.3) is 5.91 Å². The highest BCUT2D eigenvalue weighted by Gasteiger charge is 2.33. The maximum atomic E-state index is 13.5. The van der Waals surface area contributed by atoms with Gasteiger partial charge in [-0.2, -0.15) is 0 Å². The van der Waals surface area contributed by atoms with E-state index in [4.69, 9.17) is 9.73 Å². The number of carbonyl (C=O) groups excluding carboxylic acids is 1. The molecule has 4 nitrogen and oxygen atoms in total. The third kappa shape index (κ3) is 6.70. The molecular formula is C33H32BrFN2O2S. The van der Waals surface area contributed by atoms with Crippen molar-refractivity contribution in [3.05, 3.63) is 110 Å². The zero-order chi connectivity index (χ0) is 28.3. The number of ether oxygens (including phenoxy) is 1. The number of hydrogen-bond acceptors (Lipinski definition) is 4. The van der Waals surface area contributed by atoms with Crippen LogP contribution in [0, 0.1) is 17.2 Å². The predicted molar refractivity (Wildman–Crippen MR) is 166 cm³/mol. The molecule has 0 radical (unpaired) electrons. The van der Waals surface area contributed by atoms with Gasteiger partial charge in [0, 0.05) is 16.8 Å². The number of thiophene rings is 1. The Hall–Kier alpha value is -3.29. The van der Waals surface area contributed by atoms with E-state index in [1.54, 1.807) is 29.7 Å². The third-order valence-electron chi connectivity index (χ3n) is 7.32. The van der Waals surface area contributed by atoms with Gasteiger partial charge in [-0.15, -0.1) is 11.3 Å². The molecule has 0 bridgehead atoms. The van der Waals surface area contributed by atoms with Gasteiger partial charge in [-0.25, -0.2) is 9.38 Å². The van der Waals surface area contributed by atoms with Crippen molar-refractivity contribution < 1.29 is 13.9 Å². The van der Waals surface area contributed by atoms with Crippen molar-refractivity contribution in [2.45, 2.75) is 46.6 Å². The number of amides is 1. The number of halogens is 2. The van der Waals surface area contributed by atoms with Gasteiger partial charge in [-0.05, 0) is 106 Å². The molecular weight excluding hydrogens is 587 g/mol. The van der Waals surface area contributed by atoms with Gasteiger partial charge < -0.3 is 10.1 Å². The number of fused-ring (bicyclic) bond motifs is 1. The number of carbonyl (C=O) groups is 1. The second-order valence-corrected chi connectivity index (χ2v) is 13.1. The number of para-hydroxylation sites is 1. The second kappa shape index (κ2) is 12.1. The van der Waals surface area contributed by atoms with Gasteiger partial charge in [-0.1, -0.05) is 51.1 Å². The van der Waals surface area contributed by atoms with Gasteiger partial charge in [0.2, 0.25) is 0 Å². The zero-order valence-corrected chi connectivity index (χ0v) is 25.2. The van der Waals surface area contributed by atoms with Crippen LogP contribution in [-0.2, 0) is 19.4 Å². The van der Waals surface area contributed by atoms with Crippen LogP contribution in [0.3, 0.4) is 0 Å². The lowest BCUT2D eigenvalue weighted by Crippen LogP contribution is -2.27. The van der Waals surface area contributed by atoms with Crippen LogP contribution in [0.4, 0.5) is 15.1 Å². The van der Waals surface area contributed by atoms with Crippen molar-refractivity contribution in [2.75, 3.05) is 5.32 Å². The van der Waals surface area contributed by atoms with E-state index < -0.39 is 0 Å². The van der Waals surface area contributed by atoms with E-state index >= 15 is 0 Å². The summed E-state index contributed by atoms with van der Waals surface area (Å²) in [5, 5.41) is 3.81. The fourth-order valence-electron chi connectivity index (χ4n) is 4.94. The maximum absolute atomic E-state index is 13.5. The van der Waals surface area contributed by atoms with Crippen molar-refractivity contribution in [3.8, 4) is 5.75 Å². The summed E-state index contributed by atoms with van der Waals surface area (Å²) in [4.78, 5) is 19.6. The van der Waals surface area contributed by atoms with E-state index in [1.807, 2.05) is 48.5 Å². The van der Waals surface area contributed by atoms with E-state index in [2.05, 4.69) is 42.0 Å². The molecule has 0 aliphatic heterocycles. The molecule has 206 valence electrons. The Balaban J connectivity index is 1.38. The number of nitrogens with one attached hydrogen (secondary N) is 1. The van der Waals surface area contributed by atoms with Crippen LogP contribution >= 0.6 is 27.3 Å². The number of anilines is 1. The quantitative estimate of drug-likeness (QED) is 0.210. The second-order valence-electron chi connectivity index (χ2n) is 11.2. The van der Waals surface area contributed by atoms with Crippen molar-refractivity contribution in [2.24, 2.45) is 16.3 Å². The smallest absolute Gasteiger partial charge is 0.259 e. The minimum absolute atomic E-state index is 0.115. The molecule has 5 rings (SSSR count). The molecule has 0 unspecified atom stereocenters. The number of aliphatic imine (C=N–C) groups is 1. The Kier molecular flexibility index (Phi) is 8.52. The standard InChI is InChI=1S/C33H32BrFN2O2S/c1-33(2,3)23-12-15-26-29(18-23)40-32(30(26)31(38)37-25-7-5-4-6-8-25)36-19-22-11-16-28(27(34)17-22)39-20-21-9-13-24(35)14-10-21/h4-11,13-14,16-17,19,23H,12,15,18,20H2,1-3H3,(H,37,38)/t23-/m1/s1. The van der Waals surface area contributed by atoms with Crippen molar-refractivity contribution in [1.82, 2.24) is 0 Å². The summed E-state index contributed by atoms with van der Waals surface area (Å²) in [6, 6.07) is 21.6. The lowest BCUT2D eigenvalue weighted by Gasteiger charge is -2.33. The first-order valence-electron chi connectivity index (χ1n) is 13.4. The average Bonchev–Trinajstić information content (AvgIpc) is 3.30. The third-order valence-corrected chi connectivity index (χ3v) is 9.11. The highest BCUT2D eigenvalue weighted by Crippen LogP contribution is 2.45. The predicted octanol–water partition coefficient (Wildman–Crippen LogP) is 9.38. The number of nitrogens with zero attached hydrogens (tertiary/aromatic N) is 1. The molecule has 1 aliphatic rings. The van der Waals surface area contributed by atoms with Gasteiger partial charge in [0.1, 0.15) is 23.2 Å². The molecule has 1 aliphatic carbocycles. The van der Waals surface area contributed by atoms with Crippen LogP contribution in [0.25, 0.3) is 0 Å². The monoisotopic (exact) mass is 618 g/mol. The first-order chi connectivity index (χ1) is 19.2. The first kappa shape index (κ1) is 28.2. The Morgan fingerprint density at radius 1 is 1.12 bits per heavy atom. The Bertz CT molecular complexity index is 1520. The van der Waals surface area contributed by atoms with E-state index in [9.17, 15) is 9.18 Å². The molecule has 0 spiro atoms. The summed E-state index contributed by atoms with van der Waals surface area (Å²) in [7, 11) is 0. The minimum atomic E-state index is -0.269. The largest absolute Gasteiger partial charge is 0.488 e. The lowest BCUT2D eigenvalue weighted by atomic mass is 9.72. The average molecular weight is 620 g/mol. The molecule has 0 saturated carbocycles. The molecule has 1 N–H and O–H groups in total. The van der Waals surface area contributed by atoms with Crippen LogP contribution in [0.1, 0.15) is 59.1 Å². The maximum Gasteiger partial charge on any atom is 0.259 e. The fourth-order valence-corrected chi connectivity index (χ4v) is 6.72. The van der Waals surface area contributed by atoms with Crippen LogP contribution < -0.4 is 10.1 Å². The summed E-state index contributed by atoms with van der Waals surface area (Å²) in [5.41, 5.74) is 4.57. The fraction of sp³-hybridized carbons (Fsp3) is 0.273. The molecule has 1 heterocycles.